The van der Waals surface area contributed by atoms with Gasteiger partial charge >= 0.3 is 0 Å². The van der Waals surface area contributed by atoms with Crippen LogP contribution in [-0.2, 0) is 4.79 Å². The second-order valence-corrected chi connectivity index (χ2v) is 6.07. The predicted octanol–water partition coefficient (Wildman–Crippen LogP) is 2.80. The highest BCUT2D eigenvalue weighted by molar-refractivity contribution is 5.98. The maximum absolute atomic E-state index is 12.9. The first-order valence-corrected chi connectivity index (χ1v) is 7.80. The van der Waals surface area contributed by atoms with Gasteiger partial charge in [-0.25, -0.2) is 4.39 Å². The maximum Gasteiger partial charge on any atom is 0.222 e. The molecule has 1 aromatic rings. The Hall–Kier alpha value is -1.46. The Bertz CT molecular complexity index is 534. The molecule has 0 bridgehead atoms. The summed E-state index contributed by atoms with van der Waals surface area (Å²) in [5.74, 6) is -0.495. The van der Waals surface area contributed by atoms with Gasteiger partial charge in [0, 0.05) is 37.0 Å². The van der Waals surface area contributed by atoms with Gasteiger partial charge in [-0.05, 0) is 50.5 Å². The molecule has 2 unspecified atom stereocenters. The molecule has 0 radical (unpaired) electrons. The van der Waals surface area contributed by atoms with E-state index < -0.39 is 0 Å². The number of rotatable bonds is 5. The van der Waals surface area contributed by atoms with E-state index in [-0.39, 0.29) is 41.9 Å². The number of benzene rings is 1. The van der Waals surface area contributed by atoms with Crippen molar-refractivity contribution in [1.29, 1.82) is 0 Å². The van der Waals surface area contributed by atoms with Crippen molar-refractivity contribution in [1.82, 2.24) is 4.90 Å². The Morgan fingerprint density at radius 3 is 2.61 bits per heavy atom. The minimum absolute atomic E-state index is 0. The van der Waals surface area contributed by atoms with Gasteiger partial charge < -0.3 is 10.6 Å². The number of halogens is 2. The molecule has 6 heteroatoms. The molecule has 2 atom stereocenters. The van der Waals surface area contributed by atoms with Crippen molar-refractivity contribution in [2.75, 3.05) is 13.1 Å². The monoisotopic (exact) mass is 342 g/mol. The molecule has 0 saturated carbocycles. The number of hydrogen-bond acceptors (Lipinski definition) is 3. The molecule has 0 aromatic heterocycles. The molecule has 128 valence electrons. The topological polar surface area (TPSA) is 63.4 Å². The second kappa shape index (κ2) is 8.99. The van der Waals surface area contributed by atoms with E-state index in [4.69, 9.17) is 5.73 Å². The van der Waals surface area contributed by atoms with E-state index in [0.29, 0.717) is 31.5 Å². The molecule has 1 aliphatic rings. The minimum atomic E-state index is -0.354. The van der Waals surface area contributed by atoms with Crippen LogP contribution >= 0.6 is 12.4 Å². The number of piperidine rings is 1. The normalized spacial score (nSPS) is 18.9. The smallest absolute Gasteiger partial charge is 0.222 e. The zero-order chi connectivity index (χ0) is 16.1. The summed E-state index contributed by atoms with van der Waals surface area (Å²) in [6, 6.07) is 5.61. The number of nitrogens with zero attached hydrogens (tertiary/aromatic N) is 1. The van der Waals surface area contributed by atoms with E-state index in [1.807, 2.05) is 6.92 Å². The largest absolute Gasteiger partial charge is 0.342 e. The first-order chi connectivity index (χ1) is 10.5. The Labute approximate surface area is 142 Å². The molecule has 1 heterocycles. The van der Waals surface area contributed by atoms with E-state index in [9.17, 15) is 14.0 Å². The molecule has 0 aliphatic carbocycles. The fraction of sp³-hybridized carbons (Fsp3) is 0.529. The highest BCUT2D eigenvalue weighted by Gasteiger charge is 2.28. The van der Waals surface area contributed by atoms with E-state index in [1.54, 1.807) is 4.90 Å². The molecule has 1 amide bonds. The first-order valence-electron chi connectivity index (χ1n) is 7.80. The summed E-state index contributed by atoms with van der Waals surface area (Å²) in [7, 11) is 0. The Balaban J connectivity index is 0.00000264. The molecule has 2 N–H and O–H groups in total. The van der Waals surface area contributed by atoms with Crippen LogP contribution in [0, 0.1) is 11.7 Å². The number of ketones is 1. The summed E-state index contributed by atoms with van der Waals surface area (Å²) in [4.78, 5) is 26.4. The van der Waals surface area contributed by atoms with Gasteiger partial charge in [0.25, 0.3) is 0 Å². The Morgan fingerprint density at radius 1 is 1.35 bits per heavy atom. The summed E-state index contributed by atoms with van der Waals surface area (Å²) >= 11 is 0. The van der Waals surface area contributed by atoms with Crippen molar-refractivity contribution in [3.05, 3.63) is 35.6 Å². The summed E-state index contributed by atoms with van der Waals surface area (Å²) in [5.41, 5.74) is 6.19. The Kier molecular flexibility index (Phi) is 7.65. The molecule has 0 spiro atoms. The number of likely N-dealkylation sites (tertiary alicyclic amines) is 1. The summed E-state index contributed by atoms with van der Waals surface area (Å²) in [6.45, 7) is 3.03. The van der Waals surface area contributed by atoms with E-state index in [1.165, 1.54) is 24.3 Å². The lowest BCUT2D eigenvalue weighted by Gasteiger charge is -2.32. The van der Waals surface area contributed by atoms with E-state index >= 15 is 0 Å². The second-order valence-electron chi connectivity index (χ2n) is 6.07. The van der Waals surface area contributed by atoms with Crippen LogP contribution in [0.2, 0.25) is 0 Å². The van der Waals surface area contributed by atoms with Crippen LogP contribution in [0.15, 0.2) is 24.3 Å². The molecule has 1 saturated heterocycles. The molecular formula is C17H24ClFN2O2. The molecule has 1 aliphatic heterocycles. The van der Waals surface area contributed by atoms with Crippen molar-refractivity contribution < 1.29 is 14.0 Å². The third kappa shape index (κ3) is 5.59. The molecule has 23 heavy (non-hydrogen) atoms. The minimum Gasteiger partial charge on any atom is -0.342 e. The van der Waals surface area contributed by atoms with Crippen molar-refractivity contribution >= 4 is 24.1 Å². The van der Waals surface area contributed by atoms with Crippen LogP contribution in [0.25, 0.3) is 0 Å². The summed E-state index contributed by atoms with van der Waals surface area (Å²) in [6.07, 6.45) is 2.68. The van der Waals surface area contributed by atoms with Crippen molar-refractivity contribution in [3.8, 4) is 0 Å². The van der Waals surface area contributed by atoms with Gasteiger partial charge in [0.1, 0.15) is 5.82 Å². The summed E-state index contributed by atoms with van der Waals surface area (Å²) in [5, 5.41) is 0. The third-order valence-electron chi connectivity index (χ3n) is 4.09. The van der Waals surface area contributed by atoms with Crippen LogP contribution in [-0.4, -0.2) is 35.7 Å². The molecule has 1 fully saturated rings. The molecule has 2 rings (SSSR count). The number of carbonyl (C=O) groups excluding carboxylic acids is 2. The fourth-order valence-corrected chi connectivity index (χ4v) is 2.78. The predicted molar refractivity (Wildman–Crippen MR) is 90.2 cm³/mol. The molecule has 4 nitrogen and oxygen atoms in total. The van der Waals surface area contributed by atoms with Crippen LogP contribution in [0.1, 0.15) is 43.0 Å². The SMILES string of the molecule is CC(N)CCC(=O)N1CCCC(C(=O)c2ccc(F)cc2)C1.Cl. The summed E-state index contributed by atoms with van der Waals surface area (Å²) < 4.78 is 12.9. The number of carbonyl (C=O) groups is 2. The number of nitrogens with two attached hydrogens (primary N) is 1. The van der Waals surface area contributed by atoms with E-state index in [2.05, 4.69) is 0 Å². The Morgan fingerprint density at radius 2 is 2.00 bits per heavy atom. The van der Waals surface area contributed by atoms with Crippen molar-refractivity contribution in [2.45, 2.75) is 38.6 Å². The average molecular weight is 343 g/mol. The van der Waals surface area contributed by atoms with Crippen LogP contribution in [0.5, 0.6) is 0 Å². The quantitative estimate of drug-likeness (QED) is 0.837. The lowest BCUT2D eigenvalue weighted by Crippen LogP contribution is -2.42. The van der Waals surface area contributed by atoms with Crippen LogP contribution in [0.3, 0.4) is 0 Å². The van der Waals surface area contributed by atoms with Gasteiger partial charge in [0.15, 0.2) is 5.78 Å². The van der Waals surface area contributed by atoms with Crippen molar-refractivity contribution in [2.24, 2.45) is 11.7 Å². The van der Waals surface area contributed by atoms with Gasteiger partial charge in [-0.2, -0.15) is 0 Å². The number of Topliss-reactive ketones (excluding diaryl/α,β-unsaturated/α-hetero) is 1. The number of hydrogen-bond donors (Lipinski definition) is 1. The average Bonchev–Trinajstić information content (AvgIpc) is 2.52. The standard InChI is InChI=1S/C17H23FN2O2.ClH/c1-12(19)4-9-16(21)20-10-2-3-14(11-20)17(22)13-5-7-15(18)8-6-13;/h5-8,12,14H,2-4,9-11,19H2,1H3;1H. The van der Waals surface area contributed by atoms with Crippen LogP contribution in [0.4, 0.5) is 4.39 Å². The zero-order valence-corrected chi connectivity index (χ0v) is 14.2. The zero-order valence-electron chi connectivity index (χ0n) is 13.3. The maximum atomic E-state index is 12.9. The highest BCUT2D eigenvalue weighted by Crippen LogP contribution is 2.22. The third-order valence-corrected chi connectivity index (χ3v) is 4.09. The van der Waals surface area contributed by atoms with Gasteiger partial charge in [-0.15, -0.1) is 12.4 Å². The first kappa shape index (κ1) is 19.6. The highest BCUT2D eigenvalue weighted by atomic mass is 35.5. The number of amides is 1. The van der Waals surface area contributed by atoms with Gasteiger partial charge in [0.2, 0.25) is 5.91 Å². The lowest BCUT2D eigenvalue weighted by atomic mass is 9.90. The molecule has 1 aromatic carbocycles. The van der Waals surface area contributed by atoms with Gasteiger partial charge in [0.05, 0.1) is 0 Å². The van der Waals surface area contributed by atoms with E-state index in [0.717, 1.165) is 12.8 Å². The fourth-order valence-electron chi connectivity index (χ4n) is 2.78. The van der Waals surface area contributed by atoms with Crippen LogP contribution < -0.4 is 5.73 Å². The van der Waals surface area contributed by atoms with Gasteiger partial charge in [-0.1, -0.05) is 0 Å². The lowest BCUT2D eigenvalue weighted by molar-refractivity contribution is -0.132. The van der Waals surface area contributed by atoms with Gasteiger partial charge in [-0.3, -0.25) is 9.59 Å². The molecular weight excluding hydrogens is 319 g/mol. The van der Waals surface area contributed by atoms with Crippen molar-refractivity contribution in [3.63, 3.8) is 0 Å².